The largest absolute Gasteiger partial charge is 0.345 e. The van der Waals surface area contributed by atoms with Crippen molar-refractivity contribution in [1.29, 1.82) is 0 Å². The summed E-state index contributed by atoms with van der Waals surface area (Å²) < 4.78 is 11.2. The highest BCUT2D eigenvalue weighted by Crippen LogP contribution is 2.32. The Hall–Kier alpha value is -0.380. The number of ether oxygens (including phenoxy) is 2. The molecule has 2 nitrogen and oxygen atoms in total. The van der Waals surface area contributed by atoms with Crippen LogP contribution >= 0.6 is 11.3 Å². The van der Waals surface area contributed by atoms with Gasteiger partial charge in [0.2, 0.25) is 5.79 Å². The van der Waals surface area contributed by atoms with Gasteiger partial charge in [-0.05, 0) is 24.8 Å². The molecule has 0 aliphatic carbocycles. The molecule has 1 aromatic heterocycles. The third-order valence-electron chi connectivity index (χ3n) is 2.01. The summed E-state index contributed by atoms with van der Waals surface area (Å²) in [5, 5.41) is 2.04. The summed E-state index contributed by atoms with van der Waals surface area (Å²) >= 11 is 1.68. The zero-order valence-corrected chi connectivity index (χ0v) is 7.89. The molecule has 0 spiro atoms. The molecule has 0 N–H and O–H groups in total. The SMILES string of the molecule is CC1(c2cccs2)OCCCO1. The van der Waals surface area contributed by atoms with Crippen molar-refractivity contribution in [3.8, 4) is 0 Å². The first-order valence-corrected chi connectivity index (χ1v) is 5.01. The molecule has 0 amide bonds. The molecule has 12 heavy (non-hydrogen) atoms. The Labute approximate surface area is 76.1 Å². The second kappa shape index (κ2) is 3.17. The minimum atomic E-state index is -0.480. The molecule has 1 fully saturated rings. The van der Waals surface area contributed by atoms with Crippen molar-refractivity contribution in [2.24, 2.45) is 0 Å². The quantitative estimate of drug-likeness (QED) is 0.667. The Morgan fingerprint density at radius 1 is 1.42 bits per heavy atom. The van der Waals surface area contributed by atoms with E-state index in [1.807, 2.05) is 18.4 Å². The summed E-state index contributed by atoms with van der Waals surface area (Å²) in [7, 11) is 0. The first-order valence-electron chi connectivity index (χ1n) is 4.13. The van der Waals surface area contributed by atoms with Crippen LogP contribution in [0.5, 0.6) is 0 Å². The maximum absolute atomic E-state index is 5.60. The molecule has 1 aromatic rings. The van der Waals surface area contributed by atoms with E-state index in [1.54, 1.807) is 11.3 Å². The molecule has 1 aliphatic rings. The van der Waals surface area contributed by atoms with Gasteiger partial charge in [-0.1, -0.05) is 6.07 Å². The Morgan fingerprint density at radius 2 is 2.17 bits per heavy atom. The van der Waals surface area contributed by atoms with Crippen LogP contribution in [-0.4, -0.2) is 13.2 Å². The van der Waals surface area contributed by atoms with Crippen molar-refractivity contribution in [2.75, 3.05) is 13.2 Å². The number of hydrogen-bond acceptors (Lipinski definition) is 3. The Balaban J connectivity index is 2.19. The van der Waals surface area contributed by atoms with Crippen molar-refractivity contribution < 1.29 is 9.47 Å². The normalized spacial score (nSPS) is 22.4. The molecule has 1 saturated heterocycles. The van der Waals surface area contributed by atoms with E-state index in [4.69, 9.17) is 9.47 Å². The van der Waals surface area contributed by atoms with Crippen LogP contribution in [0.2, 0.25) is 0 Å². The molecule has 3 heteroatoms. The van der Waals surface area contributed by atoms with E-state index in [0.717, 1.165) is 24.5 Å². The summed E-state index contributed by atoms with van der Waals surface area (Å²) in [5.41, 5.74) is 0. The fourth-order valence-electron chi connectivity index (χ4n) is 1.31. The second-order valence-corrected chi connectivity index (χ2v) is 3.92. The van der Waals surface area contributed by atoms with E-state index in [9.17, 15) is 0 Å². The van der Waals surface area contributed by atoms with E-state index in [-0.39, 0.29) is 0 Å². The topological polar surface area (TPSA) is 18.5 Å². The average Bonchev–Trinajstić information content (AvgIpc) is 2.58. The van der Waals surface area contributed by atoms with E-state index in [0.29, 0.717) is 0 Å². The van der Waals surface area contributed by atoms with Gasteiger partial charge in [-0.3, -0.25) is 0 Å². The van der Waals surface area contributed by atoms with Gasteiger partial charge in [0.05, 0.1) is 18.1 Å². The molecule has 0 aromatic carbocycles. The molecule has 0 radical (unpaired) electrons. The Kier molecular flexibility index (Phi) is 2.17. The molecule has 2 heterocycles. The fourth-order valence-corrected chi connectivity index (χ4v) is 2.11. The molecule has 66 valence electrons. The van der Waals surface area contributed by atoms with Crippen LogP contribution in [0.3, 0.4) is 0 Å². The third-order valence-corrected chi connectivity index (χ3v) is 3.07. The third kappa shape index (κ3) is 1.40. The van der Waals surface area contributed by atoms with E-state index < -0.39 is 5.79 Å². The highest BCUT2D eigenvalue weighted by atomic mass is 32.1. The lowest BCUT2D eigenvalue weighted by atomic mass is 10.2. The van der Waals surface area contributed by atoms with Crippen LogP contribution in [0.4, 0.5) is 0 Å². The molecular formula is C9H12O2S. The van der Waals surface area contributed by atoms with Gasteiger partial charge < -0.3 is 9.47 Å². The first-order chi connectivity index (χ1) is 5.81. The standard InChI is InChI=1S/C9H12O2S/c1-9(8-4-2-7-12-8)10-5-3-6-11-9/h2,4,7H,3,5-6H2,1H3. The maximum atomic E-state index is 5.60. The lowest BCUT2D eigenvalue weighted by molar-refractivity contribution is -0.262. The molecule has 0 bridgehead atoms. The fraction of sp³-hybridized carbons (Fsp3) is 0.556. The predicted molar refractivity (Wildman–Crippen MR) is 48.2 cm³/mol. The van der Waals surface area contributed by atoms with Gasteiger partial charge in [0.15, 0.2) is 0 Å². The van der Waals surface area contributed by atoms with Gasteiger partial charge in [-0.15, -0.1) is 11.3 Å². The van der Waals surface area contributed by atoms with Crippen LogP contribution in [0.1, 0.15) is 18.2 Å². The van der Waals surface area contributed by atoms with Crippen LogP contribution in [0, 0.1) is 0 Å². The summed E-state index contributed by atoms with van der Waals surface area (Å²) in [6, 6.07) is 4.07. The molecular weight excluding hydrogens is 172 g/mol. The zero-order chi connectivity index (χ0) is 8.44. The van der Waals surface area contributed by atoms with Gasteiger partial charge in [0.1, 0.15) is 0 Å². The lowest BCUT2D eigenvalue weighted by Crippen LogP contribution is -2.33. The van der Waals surface area contributed by atoms with Crippen LogP contribution in [-0.2, 0) is 15.3 Å². The highest BCUT2D eigenvalue weighted by molar-refractivity contribution is 7.10. The second-order valence-electron chi connectivity index (χ2n) is 2.97. The van der Waals surface area contributed by atoms with E-state index in [1.165, 1.54) is 0 Å². The number of thiophene rings is 1. The minimum absolute atomic E-state index is 0.480. The zero-order valence-electron chi connectivity index (χ0n) is 7.08. The molecule has 2 rings (SSSR count). The van der Waals surface area contributed by atoms with Gasteiger partial charge in [-0.2, -0.15) is 0 Å². The van der Waals surface area contributed by atoms with Gasteiger partial charge in [0.25, 0.3) is 0 Å². The minimum Gasteiger partial charge on any atom is -0.345 e. The van der Waals surface area contributed by atoms with Crippen molar-refractivity contribution in [1.82, 2.24) is 0 Å². The van der Waals surface area contributed by atoms with Crippen LogP contribution < -0.4 is 0 Å². The van der Waals surface area contributed by atoms with Gasteiger partial charge >= 0.3 is 0 Å². The lowest BCUT2D eigenvalue weighted by Gasteiger charge is -2.32. The highest BCUT2D eigenvalue weighted by Gasteiger charge is 2.31. The maximum Gasteiger partial charge on any atom is 0.201 e. The Morgan fingerprint density at radius 3 is 2.75 bits per heavy atom. The monoisotopic (exact) mass is 184 g/mol. The smallest absolute Gasteiger partial charge is 0.201 e. The summed E-state index contributed by atoms with van der Waals surface area (Å²) in [5.74, 6) is -0.480. The van der Waals surface area contributed by atoms with Crippen molar-refractivity contribution >= 4 is 11.3 Å². The average molecular weight is 184 g/mol. The van der Waals surface area contributed by atoms with E-state index in [2.05, 4.69) is 6.07 Å². The summed E-state index contributed by atoms with van der Waals surface area (Å²) in [6.45, 7) is 3.58. The molecule has 0 atom stereocenters. The van der Waals surface area contributed by atoms with Crippen molar-refractivity contribution in [2.45, 2.75) is 19.1 Å². The van der Waals surface area contributed by atoms with Crippen LogP contribution in [0.15, 0.2) is 17.5 Å². The van der Waals surface area contributed by atoms with Crippen molar-refractivity contribution in [3.63, 3.8) is 0 Å². The van der Waals surface area contributed by atoms with Gasteiger partial charge in [-0.25, -0.2) is 0 Å². The van der Waals surface area contributed by atoms with E-state index >= 15 is 0 Å². The summed E-state index contributed by atoms with van der Waals surface area (Å²) in [4.78, 5) is 1.15. The number of hydrogen-bond donors (Lipinski definition) is 0. The molecule has 0 unspecified atom stereocenters. The van der Waals surface area contributed by atoms with Gasteiger partial charge in [0, 0.05) is 0 Å². The van der Waals surface area contributed by atoms with Crippen molar-refractivity contribution in [3.05, 3.63) is 22.4 Å². The summed E-state index contributed by atoms with van der Waals surface area (Å²) in [6.07, 6.45) is 1.00. The predicted octanol–water partition coefficient (Wildman–Crippen LogP) is 2.36. The number of rotatable bonds is 1. The molecule has 1 aliphatic heterocycles. The Bertz CT molecular complexity index is 237. The first kappa shape index (κ1) is 8.23. The van der Waals surface area contributed by atoms with Crippen LogP contribution in [0.25, 0.3) is 0 Å². The molecule has 0 saturated carbocycles.